The number of carbonyl (C=O) groups excluding carboxylic acids is 1. The van der Waals surface area contributed by atoms with Gasteiger partial charge in [0.05, 0.1) is 0 Å². The molecule has 0 spiro atoms. The molecule has 0 aliphatic carbocycles. The second kappa shape index (κ2) is 7.79. The zero-order valence-electron chi connectivity index (χ0n) is 13.7. The molecule has 126 valence electrons. The molecular formula is C18H27N3O2. The first-order valence-corrected chi connectivity index (χ1v) is 8.67. The second-order valence-electron chi connectivity index (χ2n) is 6.66. The van der Waals surface area contributed by atoms with E-state index < -0.39 is 0 Å². The fourth-order valence-electron chi connectivity index (χ4n) is 3.58. The van der Waals surface area contributed by atoms with Crippen LogP contribution in [-0.4, -0.2) is 54.2 Å². The molecule has 2 saturated heterocycles. The minimum Gasteiger partial charge on any atom is -0.445 e. The monoisotopic (exact) mass is 317 g/mol. The molecule has 2 atom stereocenters. The number of rotatable bonds is 3. The molecule has 2 fully saturated rings. The molecule has 0 aromatic heterocycles. The molecule has 3 rings (SSSR count). The van der Waals surface area contributed by atoms with Crippen molar-refractivity contribution in [3.05, 3.63) is 35.9 Å². The molecule has 1 unspecified atom stereocenters. The standard InChI is InChI=1S/C18H27N3O2/c19-16-8-11-21(13-16)17-7-4-10-20(12-9-17)18(22)23-14-15-5-2-1-3-6-15/h1-3,5-6,16-17H,4,7-14,19H2/t16?,17-/m0/s1. The van der Waals surface area contributed by atoms with Crippen LogP contribution in [0.25, 0.3) is 0 Å². The molecule has 0 radical (unpaired) electrons. The molecule has 0 saturated carbocycles. The number of nitrogens with two attached hydrogens (primary N) is 1. The van der Waals surface area contributed by atoms with Crippen molar-refractivity contribution < 1.29 is 9.53 Å². The van der Waals surface area contributed by atoms with E-state index in [1.54, 1.807) is 0 Å². The van der Waals surface area contributed by atoms with Gasteiger partial charge in [-0.2, -0.15) is 0 Å². The first-order chi connectivity index (χ1) is 11.2. The highest BCUT2D eigenvalue weighted by Gasteiger charge is 2.29. The third-order valence-electron chi connectivity index (χ3n) is 4.93. The summed E-state index contributed by atoms with van der Waals surface area (Å²) in [7, 11) is 0. The number of hydrogen-bond donors (Lipinski definition) is 1. The summed E-state index contributed by atoms with van der Waals surface area (Å²) in [5.74, 6) is 0. The Bertz CT molecular complexity index is 508. The molecule has 2 aliphatic rings. The van der Waals surface area contributed by atoms with E-state index in [0.717, 1.165) is 57.4 Å². The van der Waals surface area contributed by atoms with Crippen LogP contribution in [-0.2, 0) is 11.3 Å². The summed E-state index contributed by atoms with van der Waals surface area (Å²) in [4.78, 5) is 16.6. The van der Waals surface area contributed by atoms with E-state index in [9.17, 15) is 4.79 Å². The third-order valence-corrected chi connectivity index (χ3v) is 4.93. The number of ether oxygens (including phenoxy) is 1. The highest BCUT2D eigenvalue weighted by Crippen LogP contribution is 2.21. The highest BCUT2D eigenvalue weighted by molar-refractivity contribution is 5.67. The van der Waals surface area contributed by atoms with E-state index in [4.69, 9.17) is 10.5 Å². The molecule has 2 aliphatic heterocycles. The van der Waals surface area contributed by atoms with Gasteiger partial charge in [-0.3, -0.25) is 4.90 Å². The lowest BCUT2D eigenvalue weighted by molar-refractivity contribution is 0.0964. The van der Waals surface area contributed by atoms with E-state index in [1.165, 1.54) is 0 Å². The number of carbonyl (C=O) groups is 1. The van der Waals surface area contributed by atoms with Crippen molar-refractivity contribution in [2.75, 3.05) is 26.2 Å². The molecule has 5 nitrogen and oxygen atoms in total. The minimum atomic E-state index is -0.187. The normalized spacial score (nSPS) is 26.0. The van der Waals surface area contributed by atoms with Crippen LogP contribution in [0.5, 0.6) is 0 Å². The van der Waals surface area contributed by atoms with Crippen LogP contribution in [0.15, 0.2) is 30.3 Å². The lowest BCUT2D eigenvalue weighted by Gasteiger charge is -2.26. The van der Waals surface area contributed by atoms with Crippen LogP contribution in [0.1, 0.15) is 31.2 Å². The van der Waals surface area contributed by atoms with Crippen molar-refractivity contribution in [1.29, 1.82) is 0 Å². The summed E-state index contributed by atoms with van der Waals surface area (Å²) >= 11 is 0. The van der Waals surface area contributed by atoms with Gasteiger partial charge >= 0.3 is 6.09 Å². The zero-order valence-corrected chi connectivity index (χ0v) is 13.7. The maximum Gasteiger partial charge on any atom is 0.410 e. The number of hydrogen-bond acceptors (Lipinski definition) is 4. The van der Waals surface area contributed by atoms with E-state index in [1.807, 2.05) is 35.2 Å². The van der Waals surface area contributed by atoms with Crippen molar-refractivity contribution in [3.63, 3.8) is 0 Å². The zero-order chi connectivity index (χ0) is 16.1. The molecular weight excluding hydrogens is 290 g/mol. The minimum absolute atomic E-state index is 0.187. The van der Waals surface area contributed by atoms with Crippen molar-refractivity contribution >= 4 is 6.09 Å². The smallest absolute Gasteiger partial charge is 0.410 e. The summed E-state index contributed by atoms with van der Waals surface area (Å²) in [6.07, 6.45) is 4.12. The van der Waals surface area contributed by atoms with Crippen LogP contribution in [0.3, 0.4) is 0 Å². The topological polar surface area (TPSA) is 58.8 Å². The Hall–Kier alpha value is -1.59. The third kappa shape index (κ3) is 4.45. The van der Waals surface area contributed by atoms with E-state index in [0.29, 0.717) is 18.7 Å². The Morgan fingerprint density at radius 3 is 2.70 bits per heavy atom. The Morgan fingerprint density at radius 1 is 1.13 bits per heavy atom. The Balaban J connectivity index is 1.46. The van der Waals surface area contributed by atoms with Crippen molar-refractivity contribution in [2.24, 2.45) is 5.73 Å². The first-order valence-electron chi connectivity index (χ1n) is 8.67. The van der Waals surface area contributed by atoms with E-state index in [-0.39, 0.29) is 6.09 Å². The van der Waals surface area contributed by atoms with Gasteiger partial charge in [0.25, 0.3) is 0 Å². The van der Waals surface area contributed by atoms with Crippen molar-refractivity contribution in [2.45, 2.75) is 44.4 Å². The van der Waals surface area contributed by atoms with Crippen molar-refractivity contribution in [1.82, 2.24) is 9.80 Å². The number of nitrogens with zero attached hydrogens (tertiary/aromatic N) is 2. The molecule has 0 bridgehead atoms. The van der Waals surface area contributed by atoms with Gasteiger partial charge in [-0.05, 0) is 31.2 Å². The lowest BCUT2D eigenvalue weighted by Crippen LogP contribution is -2.37. The molecule has 1 aromatic rings. The maximum absolute atomic E-state index is 12.3. The highest BCUT2D eigenvalue weighted by atomic mass is 16.6. The number of benzene rings is 1. The SMILES string of the molecule is NC1CCN([C@H]2CCCN(C(=O)OCc3ccccc3)CC2)C1. The largest absolute Gasteiger partial charge is 0.445 e. The molecule has 23 heavy (non-hydrogen) atoms. The molecule has 1 amide bonds. The number of likely N-dealkylation sites (tertiary alicyclic amines) is 2. The van der Waals surface area contributed by atoms with Gasteiger partial charge < -0.3 is 15.4 Å². The fraction of sp³-hybridized carbons (Fsp3) is 0.611. The van der Waals surface area contributed by atoms with Gasteiger partial charge in [0.1, 0.15) is 6.61 Å². The average Bonchev–Trinajstić information content (AvgIpc) is 2.86. The Kier molecular flexibility index (Phi) is 5.51. The van der Waals surface area contributed by atoms with Gasteiger partial charge in [0, 0.05) is 38.3 Å². The quantitative estimate of drug-likeness (QED) is 0.928. The van der Waals surface area contributed by atoms with E-state index >= 15 is 0 Å². The lowest BCUT2D eigenvalue weighted by atomic mass is 10.1. The maximum atomic E-state index is 12.3. The summed E-state index contributed by atoms with van der Waals surface area (Å²) < 4.78 is 5.45. The second-order valence-corrected chi connectivity index (χ2v) is 6.66. The summed E-state index contributed by atoms with van der Waals surface area (Å²) in [5, 5.41) is 0. The molecule has 2 N–H and O–H groups in total. The van der Waals surface area contributed by atoms with Crippen LogP contribution >= 0.6 is 0 Å². The summed E-state index contributed by atoms with van der Waals surface area (Å²) in [5.41, 5.74) is 7.04. The summed E-state index contributed by atoms with van der Waals surface area (Å²) in [6, 6.07) is 10.7. The van der Waals surface area contributed by atoms with Gasteiger partial charge in [-0.25, -0.2) is 4.79 Å². The predicted molar refractivity (Wildman–Crippen MR) is 90.0 cm³/mol. The van der Waals surface area contributed by atoms with Crippen LogP contribution in [0, 0.1) is 0 Å². The Labute approximate surface area is 138 Å². The summed E-state index contributed by atoms with van der Waals surface area (Å²) in [6.45, 7) is 4.03. The van der Waals surface area contributed by atoms with E-state index in [2.05, 4.69) is 4.90 Å². The fourth-order valence-corrected chi connectivity index (χ4v) is 3.58. The van der Waals surface area contributed by atoms with Gasteiger partial charge in [0.15, 0.2) is 0 Å². The predicted octanol–water partition coefficient (Wildman–Crippen LogP) is 2.21. The number of amides is 1. The van der Waals surface area contributed by atoms with Crippen LogP contribution in [0.4, 0.5) is 4.79 Å². The molecule has 5 heteroatoms. The van der Waals surface area contributed by atoms with Gasteiger partial charge in [-0.15, -0.1) is 0 Å². The first kappa shape index (κ1) is 16.3. The Morgan fingerprint density at radius 2 is 1.96 bits per heavy atom. The average molecular weight is 317 g/mol. The molecule has 1 aromatic carbocycles. The van der Waals surface area contributed by atoms with Crippen LogP contribution < -0.4 is 5.73 Å². The van der Waals surface area contributed by atoms with Crippen molar-refractivity contribution in [3.8, 4) is 0 Å². The van der Waals surface area contributed by atoms with Gasteiger partial charge in [-0.1, -0.05) is 30.3 Å². The van der Waals surface area contributed by atoms with Gasteiger partial charge in [0.2, 0.25) is 0 Å². The molecule has 2 heterocycles. The van der Waals surface area contributed by atoms with Crippen LogP contribution in [0.2, 0.25) is 0 Å².